The van der Waals surface area contributed by atoms with Crippen molar-refractivity contribution in [3.05, 3.63) is 12.7 Å². The highest BCUT2D eigenvalue weighted by Crippen LogP contribution is 2.26. The first-order valence-electron chi connectivity index (χ1n) is 16.2. The number of ether oxygens (including phenoxy) is 1. The van der Waals surface area contributed by atoms with Crippen LogP contribution in [0.15, 0.2) is 12.7 Å². The summed E-state index contributed by atoms with van der Waals surface area (Å²) in [5.41, 5.74) is 0.760. The number of unbranched alkanes of at least 4 members (excludes halogenated alkanes) is 10. The lowest BCUT2D eigenvalue weighted by Crippen LogP contribution is -2.68. The van der Waals surface area contributed by atoms with E-state index in [2.05, 4.69) is 42.8 Å². The van der Waals surface area contributed by atoms with Gasteiger partial charge >= 0.3 is 0 Å². The van der Waals surface area contributed by atoms with E-state index in [-0.39, 0.29) is 12.2 Å². The van der Waals surface area contributed by atoms with Gasteiger partial charge in [0.2, 0.25) is 11.8 Å². The van der Waals surface area contributed by atoms with Gasteiger partial charge in [-0.2, -0.15) is 0 Å². The van der Waals surface area contributed by atoms with Crippen molar-refractivity contribution in [1.82, 2.24) is 30.6 Å². The molecule has 1 aliphatic rings. The van der Waals surface area contributed by atoms with Crippen LogP contribution in [0.1, 0.15) is 90.4 Å². The lowest BCUT2D eigenvalue weighted by atomic mass is 9.92. The zero-order valence-electron chi connectivity index (χ0n) is 26.1. The molecule has 1 fully saturated rings. The van der Waals surface area contributed by atoms with Crippen LogP contribution in [0.5, 0.6) is 0 Å². The molecule has 1 aliphatic heterocycles. The molecule has 7 atom stereocenters. The van der Waals surface area contributed by atoms with Gasteiger partial charge in [-0.15, -0.1) is 0 Å². The van der Waals surface area contributed by atoms with E-state index < -0.39 is 67.8 Å². The van der Waals surface area contributed by atoms with Gasteiger partial charge < -0.3 is 51.2 Å². The molecule has 0 saturated carbocycles. The second-order valence-electron chi connectivity index (χ2n) is 11.8. The molecule has 2 aromatic heterocycles. The highest BCUT2D eigenvalue weighted by Gasteiger charge is 2.48. The molecule has 45 heavy (non-hydrogen) atoms. The van der Waals surface area contributed by atoms with Gasteiger partial charge in [0, 0.05) is 0 Å². The van der Waals surface area contributed by atoms with Crippen LogP contribution >= 0.6 is 0 Å². The van der Waals surface area contributed by atoms with Gasteiger partial charge in [0.05, 0.1) is 38.0 Å². The fourth-order valence-electron chi connectivity index (χ4n) is 5.50. The van der Waals surface area contributed by atoms with Gasteiger partial charge in [-0.25, -0.2) is 15.0 Å². The molecule has 2 aromatic rings. The smallest absolute Gasteiger partial charge is 0.239 e. The van der Waals surface area contributed by atoms with E-state index in [1.54, 1.807) is 0 Å². The highest BCUT2D eigenvalue weighted by atomic mass is 16.5. The molecular formula is C30H51N7O8. The second kappa shape index (κ2) is 19.5. The Hall–Kier alpha value is -2.95. The average Bonchev–Trinajstić information content (AvgIpc) is 3.52. The fourth-order valence-corrected chi connectivity index (χ4v) is 5.50. The molecule has 0 radical (unpaired) electrons. The molecule has 15 nitrogen and oxygen atoms in total. The quantitative estimate of drug-likeness (QED) is 0.0857. The van der Waals surface area contributed by atoms with Crippen molar-refractivity contribution in [2.45, 2.75) is 133 Å². The second-order valence-corrected chi connectivity index (χ2v) is 11.8. The summed E-state index contributed by atoms with van der Waals surface area (Å²) in [6, 6.07) is -1.33. The summed E-state index contributed by atoms with van der Waals surface area (Å²) in [5.74, 6) is -1.02. The minimum atomic E-state index is -1.63. The zero-order chi connectivity index (χ0) is 32.6. The molecule has 9 N–H and O–H groups in total. The Balaban J connectivity index is 1.38. The predicted octanol–water partition coefficient (Wildman–Crippen LogP) is 0.618. The van der Waals surface area contributed by atoms with Crippen LogP contribution in [0.2, 0.25) is 0 Å². The van der Waals surface area contributed by atoms with E-state index in [0.717, 1.165) is 19.3 Å². The minimum absolute atomic E-state index is 0.148. The standard InChI is InChI=1S/C30H51N7O8/c1-2-3-4-5-6-7-8-9-10-11-12-13-19(39)14-21(41)31-15-22(42)36-23-25(43)26(44)30(45-27(23)20(40)16-38)37-29-24-28(33-17-32-24)34-18-35-29/h17-20,23,25-27,30,38-40,43-44H,2-16H2,1H3,(H,31,41)(H,36,42)(H2,32,33,34,35,37)/t19-,20-,23+,25+,26+,27-,30-/m0/s1. The van der Waals surface area contributed by atoms with Crippen LogP contribution in [-0.2, 0) is 14.3 Å². The first kappa shape index (κ1) is 36.5. The van der Waals surface area contributed by atoms with Gasteiger partial charge in [0.25, 0.3) is 0 Å². The van der Waals surface area contributed by atoms with Crippen LogP contribution in [0.4, 0.5) is 5.82 Å². The van der Waals surface area contributed by atoms with Crippen LogP contribution in [0, 0.1) is 0 Å². The summed E-state index contributed by atoms with van der Waals surface area (Å²) < 4.78 is 5.77. The number of aromatic nitrogens is 4. The number of rotatable bonds is 21. The molecule has 0 unspecified atom stereocenters. The van der Waals surface area contributed by atoms with Crippen molar-refractivity contribution in [3.63, 3.8) is 0 Å². The molecule has 2 amide bonds. The van der Waals surface area contributed by atoms with E-state index in [9.17, 15) is 35.1 Å². The summed E-state index contributed by atoms with van der Waals surface area (Å²) in [4.78, 5) is 39.9. The summed E-state index contributed by atoms with van der Waals surface area (Å²) in [6.07, 6.45) is 7.93. The Morgan fingerprint density at radius 2 is 1.60 bits per heavy atom. The fraction of sp³-hybridized carbons (Fsp3) is 0.767. The molecule has 0 aromatic carbocycles. The lowest BCUT2D eigenvalue weighted by molar-refractivity contribution is -0.204. The van der Waals surface area contributed by atoms with Crippen LogP contribution in [-0.4, -0.2) is 113 Å². The van der Waals surface area contributed by atoms with Gasteiger partial charge in [-0.1, -0.05) is 77.6 Å². The maximum Gasteiger partial charge on any atom is 0.239 e. The largest absolute Gasteiger partial charge is 0.394 e. The van der Waals surface area contributed by atoms with Crippen molar-refractivity contribution in [1.29, 1.82) is 0 Å². The minimum Gasteiger partial charge on any atom is -0.394 e. The van der Waals surface area contributed by atoms with E-state index >= 15 is 0 Å². The molecule has 0 bridgehead atoms. The van der Waals surface area contributed by atoms with E-state index in [0.29, 0.717) is 17.6 Å². The SMILES string of the molecule is CCCCCCCCCCCCC[C@H](O)CC(=O)NCC(=O)N[C@@H]1[C@@H](O)[C@@H](O)[C@@H](Nc2ncnc3nc[nH]c23)O[C@H]1[C@@H](O)CO. The summed E-state index contributed by atoms with van der Waals surface area (Å²) in [6.45, 7) is 1.00. The number of aromatic amines is 1. The van der Waals surface area contributed by atoms with Crippen molar-refractivity contribution in [2.75, 3.05) is 18.5 Å². The number of hydrogen-bond acceptors (Lipinski definition) is 12. The summed E-state index contributed by atoms with van der Waals surface area (Å²) >= 11 is 0. The Morgan fingerprint density at radius 3 is 2.27 bits per heavy atom. The topological polar surface area (TPSA) is 235 Å². The molecular weight excluding hydrogens is 586 g/mol. The average molecular weight is 638 g/mol. The first-order valence-corrected chi connectivity index (χ1v) is 16.2. The van der Waals surface area contributed by atoms with Gasteiger partial charge in [-0.05, 0) is 6.42 Å². The number of fused-ring (bicyclic) bond motifs is 1. The predicted molar refractivity (Wildman–Crippen MR) is 166 cm³/mol. The Morgan fingerprint density at radius 1 is 0.933 bits per heavy atom. The monoisotopic (exact) mass is 637 g/mol. The molecule has 0 aliphatic carbocycles. The van der Waals surface area contributed by atoms with Crippen LogP contribution < -0.4 is 16.0 Å². The van der Waals surface area contributed by atoms with Crippen molar-refractivity contribution < 1.29 is 39.9 Å². The molecule has 3 heterocycles. The van der Waals surface area contributed by atoms with Gasteiger partial charge in [0.15, 0.2) is 17.7 Å². The van der Waals surface area contributed by atoms with Gasteiger partial charge in [-0.3, -0.25) is 9.59 Å². The number of aliphatic hydroxyl groups is 5. The third-order valence-corrected chi connectivity index (χ3v) is 8.09. The number of imidazole rings is 1. The first-order chi connectivity index (χ1) is 21.7. The maximum atomic E-state index is 12.7. The lowest BCUT2D eigenvalue weighted by Gasteiger charge is -2.44. The third kappa shape index (κ3) is 11.7. The van der Waals surface area contributed by atoms with Crippen molar-refractivity contribution >= 4 is 28.8 Å². The number of amides is 2. The molecule has 0 spiro atoms. The number of carbonyl (C=O) groups is 2. The van der Waals surface area contributed by atoms with E-state index in [4.69, 9.17) is 4.74 Å². The zero-order valence-corrected chi connectivity index (χ0v) is 26.1. The number of H-pyrrole nitrogens is 1. The van der Waals surface area contributed by atoms with Crippen molar-refractivity contribution in [2.24, 2.45) is 0 Å². The number of carbonyl (C=O) groups excluding carboxylic acids is 2. The molecule has 15 heteroatoms. The van der Waals surface area contributed by atoms with Crippen molar-refractivity contribution in [3.8, 4) is 0 Å². The Labute approximate surface area is 263 Å². The molecule has 1 saturated heterocycles. The van der Waals surface area contributed by atoms with Crippen LogP contribution in [0.3, 0.4) is 0 Å². The Bertz CT molecular complexity index is 1150. The Kier molecular flexibility index (Phi) is 15.9. The molecule has 3 rings (SSSR count). The highest BCUT2D eigenvalue weighted by molar-refractivity contribution is 5.85. The number of nitrogens with one attached hydrogen (secondary N) is 4. The number of hydrogen-bond donors (Lipinski definition) is 9. The molecule has 254 valence electrons. The summed E-state index contributed by atoms with van der Waals surface area (Å²) in [5, 5.41) is 59.6. The number of nitrogens with zero attached hydrogens (tertiary/aromatic N) is 3. The van der Waals surface area contributed by atoms with E-state index in [1.807, 2.05) is 0 Å². The summed E-state index contributed by atoms with van der Waals surface area (Å²) in [7, 11) is 0. The normalized spacial score (nSPS) is 23.0. The number of aliphatic hydroxyl groups excluding tert-OH is 5. The van der Waals surface area contributed by atoms with Crippen LogP contribution in [0.25, 0.3) is 11.2 Å². The maximum absolute atomic E-state index is 12.7. The van der Waals surface area contributed by atoms with Gasteiger partial charge in [0.1, 0.15) is 36.3 Å². The third-order valence-electron chi connectivity index (χ3n) is 8.09. The number of anilines is 1. The van der Waals surface area contributed by atoms with E-state index in [1.165, 1.54) is 64.0 Å².